The highest BCUT2D eigenvalue weighted by molar-refractivity contribution is 4.93. The molecule has 15 heavy (non-hydrogen) atoms. The van der Waals surface area contributed by atoms with Gasteiger partial charge in [0.25, 0.3) is 0 Å². The minimum Gasteiger partial charge on any atom is -0.312 e. The van der Waals surface area contributed by atoms with Crippen molar-refractivity contribution >= 4 is 0 Å². The van der Waals surface area contributed by atoms with E-state index in [9.17, 15) is 0 Å². The summed E-state index contributed by atoms with van der Waals surface area (Å²) in [5, 5.41) is 3.64. The van der Waals surface area contributed by atoms with Crippen molar-refractivity contribution < 1.29 is 0 Å². The number of hydrogen-bond acceptors (Lipinski definition) is 2. The molecule has 88 valence electrons. The zero-order chi connectivity index (χ0) is 11.3. The van der Waals surface area contributed by atoms with Gasteiger partial charge < -0.3 is 5.32 Å². The summed E-state index contributed by atoms with van der Waals surface area (Å²) in [5.41, 5.74) is 1.26. The van der Waals surface area contributed by atoms with E-state index in [1.165, 1.54) is 31.5 Å². The molecule has 2 atom stereocenters. The summed E-state index contributed by atoms with van der Waals surface area (Å²) < 4.78 is 0. The first-order valence-corrected chi connectivity index (χ1v) is 6.23. The molecule has 1 aliphatic rings. The average Bonchev–Trinajstić information content (AvgIpc) is 2.19. The van der Waals surface area contributed by atoms with Gasteiger partial charge in [0.05, 0.1) is 0 Å². The minimum atomic E-state index is 0.679. The normalized spacial score (nSPS) is 26.9. The van der Waals surface area contributed by atoms with Gasteiger partial charge in [0.1, 0.15) is 0 Å². The second kappa shape index (κ2) is 6.29. The predicted molar refractivity (Wildman–Crippen MR) is 67.1 cm³/mol. The van der Waals surface area contributed by atoms with E-state index in [2.05, 4.69) is 37.6 Å². The van der Waals surface area contributed by atoms with Crippen molar-refractivity contribution in [3.63, 3.8) is 0 Å². The molecule has 2 nitrogen and oxygen atoms in total. The third-order valence-electron chi connectivity index (χ3n) is 3.33. The summed E-state index contributed by atoms with van der Waals surface area (Å²) in [6.07, 6.45) is 2.71. The zero-order valence-corrected chi connectivity index (χ0v) is 10.6. The summed E-state index contributed by atoms with van der Waals surface area (Å²) >= 11 is 0. The van der Waals surface area contributed by atoms with Gasteiger partial charge in [-0.3, -0.25) is 4.90 Å². The molecular formula is C13H26N2. The van der Waals surface area contributed by atoms with Gasteiger partial charge in [-0.2, -0.15) is 0 Å². The molecule has 1 rings (SSSR count). The third kappa shape index (κ3) is 4.35. The van der Waals surface area contributed by atoms with Gasteiger partial charge in [-0.1, -0.05) is 26.0 Å². The van der Waals surface area contributed by atoms with Crippen LogP contribution < -0.4 is 5.32 Å². The Morgan fingerprint density at radius 1 is 1.53 bits per heavy atom. The molecule has 0 aromatic rings. The fraction of sp³-hybridized carbons (Fsp3) is 0.846. The van der Waals surface area contributed by atoms with Gasteiger partial charge >= 0.3 is 0 Å². The summed E-state index contributed by atoms with van der Waals surface area (Å²) in [4.78, 5) is 2.49. The molecule has 1 saturated heterocycles. The van der Waals surface area contributed by atoms with Crippen LogP contribution >= 0.6 is 0 Å². The predicted octanol–water partition coefficient (Wildman–Crippen LogP) is 2.27. The Balaban J connectivity index is 2.38. The number of hydrogen-bond donors (Lipinski definition) is 1. The fourth-order valence-electron chi connectivity index (χ4n) is 2.32. The molecule has 2 unspecified atom stereocenters. The number of nitrogens with zero attached hydrogens (tertiary/aromatic N) is 1. The van der Waals surface area contributed by atoms with Gasteiger partial charge in [-0.05, 0) is 38.8 Å². The maximum absolute atomic E-state index is 3.99. The SMILES string of the molecule is C=C(C)CN(CC)CC1NCCCC1C. The van der Waals surface area contributed by atoms with E-state index in [4.69, 9.17) is 0 Å². The first-order valence-electron chi connectivity index (χ1n) is 6.23. The quantitative estimate of drug-likeness (QED) is 0.700. The van der Waals surface area contributed by atoms with Crippen LogP contribution in [0.2, 0.25) is 0 Å². The molecule has 0 saturated carbocycles. The van der Waals surface area contributed by atoms with Crippen LogP contribution in [0.15, 0.2) is 12.2 Å². The summed E-state index contributed by atoms with van der Waals surface area (Å²) in [7, 11) is 0. The van der Waals surface area contributed by atoms with Crippen LogP contribution in [0.5, 0.6) is 0 Å². The van der Waals surface area contributed by atoms with E-state index in [0.29, 0.717) is 6.04 Å². The Hall–Kier alpha value is -0.340. The Morgan fingerprint density at radius 3 is 2.80 bits per heavy atom. The van der Waals surface area contributed by atoms with E-state index >= 15 is 0 Å². The molecule has 2 heteroatoms. The smallest absolute Gasteiger partial charge is 0.0220 e. The zero-order valence-electron chi connectivity index (χ0n) is 10.6. The summed E-state index contributed by atoms with van der Waals surface area (Å²) in [6, 6.07) is 0.679. The molecule has 0 amide bonds. The molecule has 1 heterocycles. The molecule has 0 radical (unpaired) electrons. The molecule has 0 bridgehead atoms. The fourth-order valence-corrected chi connectivity index (χ4v) is 2.32. The number of rotatable bonds is 5. The van der Waals surface area contributed by atoms with Crippen LogP contribution in [0.25, 0.3) is 0 Å². The number of nitrogens with one attached hydrogen (secondary N) is 1. The van der Waals surface area contributed by atoms with E-state index in [0.717, 1.165) is 19.0 Å². The molecule has 0 aromatic heterocycles. The number of likely N-dealkylation sites (N-methyl/N-ethyl adjacent to an activating group) is 1. The minimum absolute atomic E-state index is 0.679. The number of piperidine rings is 1. The van der Waals surface area contributed by atoms with Crippen molar-refractivity contribution in [3.8, 4) is 0 Å². The molecule has 1 fully saturated rings. The highest BCUT2D eigenvalue weighted by atomic mass is 15.1. The van der Waals surface area contributed by atoms with Crippen LogP contribution in [0.4, 0.5) is 0 Å². The van der Waals surface area contributed by atoms with Crippen molar-refractivity contribution in [2.24, 2.45) is 5.92 Å². The molecule has 1 aliphatic heterocycles. The van der Waals surface area contributed by atoms with E-state index < -0.39 is 0 Å². The van der Waals surface area contributed by atoms with Crippen LogP contribution in [0.3, 0.4) is 0 Å². The van der Waals surface area contributed by atoms with Gasteiger partial charge in [-0.25, -0.2) is 0 Å². The monoisotopic (exact) mass is 210 g/mol. The van der Waals surface area contributed by atoms with Crippen molar-refractivity contribution in [1.82, 2.24) is 10.2 Å². The van der Waals surface area contributed by atoms with Crippen molar-refractivity contribution in [3.05, 3.63) is 12.2 Å². The largest absolute Gasteiger partial charge is 0.312 e. The molecule has 1 N–H and O–H groups in total. The van der Waals surface area contributed by atoms with Crippen molar-refractivity contribution in [1.29, 1.82) is 0 Å². The lowest BCUT2D eigenvalue weighted by atomic mass is 9.92. The summed E-state index contributed by atoms with van der Waals surface area (Å²) in [6.45, 7) is 15.2. The first kappa shape index (κ1) is 12.7. The second-order valence-electron chi connectivity index (χ2n) is 4.96. The lowest BCUT2D eigenvalue weighted by Crippen LogP contribution is -2.48. The van der Waals surface area contributed by atoms with Gasteiger partial charge in [0, 0.05) is 19.1 Å². The average molecular weight is 210 g/mol. The van der Waals surface area contributed by atoms with Gasteiger partial charge in [-0.15, -0.1) is 0 Å². The first-order chi connectivity index (χ1) is 7.13. The lowest BCUT2D eigenvalue weighted by Gasteiger charge is -2.34. The molecular weight excluding hydrogens is 184 g/mol. The Morgan fingerprint density at radius 2 is 2.27 bits per heavy atom. The Bertz CT molecular complexity index is 201. The maximum Gasteiger partial charge on any atom is 0.0220 e. The highest BCUT2D eigenvalue weighted by Crippen LogP contribution is 2.16. The van der Waals surface area contributed by atoms with Crippen molar-refractivity contribution in [2.45, 2.75) is 39.7 Å². The van der Waals surface area contributed by atoms with Crippen LogP contribution in [0.1, 0.15) is 33.6 Å². The van der Waals surface area contributed by atoms with Crippen LogP contribution in [-0.4, -0.2) is 37.1 Å². The topological polar surface area (TPSA) is 15.3 Å². The summed E-state index contributed by atoms with van der Waals surface area (Å²) in [5.74, 6) is 0.818. The Kier molecular flexibility index (Phi) is 5.34. The molecule has 0 spiro atoms. The third-order valence-corrected chi connectivity index (χ3v) is 3.33. The maximum atomic E-state index is 3.99. The molecule has 0 aliphatic carbocycles. The van der Waals surface area contributed by atoms with Gasteiger partial charge in [0.15, 0.2) is 0 Å². The van der Waals surface area contributed by atoms with E-state index in [1.807, 2.05) is 0 Å². The van der Waals surface area contributed by atoms with Crippen LogP contribution in [-0.2, 0) is 0 Å². The lowest BCUT2D eigenvalue weighted by molar-refractivity contribution is 0.206. The second-order valence-corrected chi connectivity index (χ2v) is 4.96. The van der Waals surface area contributed by atoms with Crippen LogP contribution in [0, 0.1) is 5.92 Å². The van der Waals surface area contributed by atoms with E-state index in [1.54, 1.807) is 0 Å². The van der Waals surface area contributed by atoms with Crippen molar-refractivity contribution in [2.75, 3.05) is 26.2 Å². The Labute approximate surface area is 94.7 Å². The highest BCUT2D eigenvalue weighted by Gasteiger charge is 2.22. The van der Waals surface area contributed by atoms with E-state index in [-0.39, 0.29) is 0 Å². The molecule has 0 aromatic carbocycles. The standard InChI is InChI=1S/C13H26N2/c1-5-15(9-11(2)3)10-13-12(4)7-6-8-14-13/h12-14H,2,5-10H2,1,3-4H3. The van der Waals surface area contributed by atoms with Gasteiger partial charge in [0.2, 0.25) is 0 Å².